The average Bonchev–Trinajstić information content (AvgIpc) is 2.11. The summed E-state index contributed by atoms with van der Waals surface area (Å²) < 4.78 is 30.6. The van der Waals surface area contributed by atoms with E-state index in [0.717, 1.165) is 12.8 Å². The first-order chi connectivity index (χ1) is 6.83. The van der Waals surface area contributed by atoms with Crippen LogP contribution in [0.25, 0.3) is 0 Å². The van der Waals surface area contributed by atoms with E-state index in [0.29, 0.717) is 13.2 Å². The zero-order valence-electron chi connectivity index (χ0n) is 10.2. The summed E-state index contributed by atoms with van der Waals surface area (Å²) in [5.74, 6) is 0.127. The summed E-state index contributed by atoms with van der Waals surface area (Å²) in [4.78, 5) is 0. The van der Waals surface area contributed by atoms with Crippen molar-refractivity contribution in [3.05, 3.63) is 0 Å². The van der Waals surface area contributed by atoms with E-state index in [1.165, 1.54) is 0 Å². The van der Waals surface area contributed by atoms with Gasteiger partial charge in [0.1, 0.15) is 0 Å². The molecule has 0 bridgehead atoms. The minimum Gasteiger partial charge on any atom is -0.382 e. The lowest BCUT2D eigenvalue weighted by Crippen LogP contribution is -2.44. The Bertz CT molecular complexity index is 260. The minimum atomic E-state index is -3.11. The lowest BCUT2D eigenvalue weighted by molar-refractivity contribution is 0.138. The number of sulfonamides is 1. The number of rotatable bonds is 8. The third kappa shape index (κ3) is 7.76. The summed E-state index contributed by atoms with van der Waals surface area (Å²) in [7, 11) is -3.11. The molecule has 5 heteroatoms. The van der Waals surface area contributed by atoms with Crippen LogP contribution in [0, 0.1) is 0 Å². The van der Waals surface area contributed by atoms with Crippen molar-refractivity contribution >= 4 is 10.0 Å². The summed E-state index contributed by atoms with van der Waals surface area (Å²) >= 11 is 0. The van der Waals surface area contributed by atoms with Crippen molar-refractivity contribution in [1.82, 2.24) is 4.72 Å². The Labute approximate surface area is 93.4 Å². The largest absolute Gasteiger partial charge is 0.382 e. The molecule has 0 aromatic carbocycles. The van der Waals surface area contributed by atoms with Crippen LogP contribution in [0.5, 0.6) is 0 Å². The minimum absolute atomic E-state index is 0.127. The summed E-state index contributed by atoms with van der Waals surface area (Å²) in [6.45, 7) is 8.77. The van der Waals surface area contributed by atoms with Gasteiger partial charge in [0.15, 0.2) is 0 Å². The Morgan fingerprint density at radius 2 is 1.87 bits per heavy atom. The van der Waals surface area contributed by atoms with Gasteiger partial charge in [0.05, 0.1) is 5.75 Å². The molecular formula is C10H23NO3S. The van der Waals surface area contributed by atoms with Crippen molar-refractivity contribution in [2.24, 2.45) is 0 Å². The van der Waals surface area contributed by atoms with Crippen LogP contribution in [0.3, 0.4) is 0 Å². The topological polar surface area (TPSA) is 55.4 Å². The van der Waals surface area contributed by atoms with E-state index in [-0.39, 0.29) is 11.3 Å². The van der Waals surface area contributed by atoms with Crippen molar-refractivity contribution in [2.75, 3.05) is 19.0 Å². The first kappa shape index (κ1) is 14.9. The molecule has 0 rings (SSSR count). The molecule has 0 radical (unpaired) electrons. The Balaban J connectivity index is 3.97. The molecule has 92 valence electrons. The monoisotopic (exact) mass is 237 g/mol. The predicted molar refractivity (Wildman–Crippen MR) is 62.4 cm³/mol. The number of hydrogen-bond acceptors (Lipinski definition) is 3. The molecule has 0 unspecified atom stereocenters. The van der Waals surface area contributed by atoms with E-state index >= 15 is 0 Å². The molecule has 0 fully saturated rings. The van der Waals surface area contributed by atoms with Gasteiger partial charge < -0.3 is 4.74 Å². The van der Waals surface area contributed by atoms with E-state index < -0.39 is 10.0 Å². The molecule has 4 nitrogen and oxygen atoms in total. The predicted octanol–water partition coefficient (Wildman–Crippen LogP) is 1.52. The van der Waals surface area contributed by atoms with Gasteiger partial charge in [-0.15, -0.1) is 0 Å². The van der Waals surface area contributed by atoms with Gasteiger partial charge >= 0.3 is 0 Å². The van der Waals surface area contributed by atoms with Crippen molar-refractivity contribution in [3.63, 3.8) is 0 Å². The van der Waals surface area contributed by atoms with Crippen LogP contribution in [0.15, 0.2) is 0 Å². The zero-order valence-corrected chi connectivity index (χ0v) is 11.0. The van der Waals surface area contributed by atoms with Gasteiger partial charge in [-0.1, -0.05) is 0 Å². The Morgan fingerprint density at radius 1 is 1.27 bits per heavy atom. The second-order valence-corrected chi connectivity index (χ2v) is 6.20. The van der Waals surface area contributed by atoms with Crippen LogP contribution in [0.2, 0.25) is 0 Å². The lowest BCUT2D eigenvalue weighted by Gasteiger charge is -2.25. The molecule has 0 aromatic rings. The molecule has 0 atom stereocenters. The van der Waals surface area contributed by atoms with Gasteiger partial charge in [0.25, 0.3) is 0 Å². The number of hydrogen-bond donors (Lipinski definition) is 1. The highest BCUT2D eigenvalue weighted by atomic mass is 32.2. The molecule has 1 N–H and O–H groups in total. The van der Waals surface area contributed by atoms with Crippen LogP contribution in [-0.2, 0) is 14.8 Å². The Hall–Kier alpha value is -0.130. The molecule has 0 aliphatic heterocycles. The summed E-state index contributed by atoms with van der Waals surface area (Å²) in [5, 5.41) is 0. The summed E-state index contributed by atoms with van der Waals surface area (Å²) in [6, 6.07) is 0. The second-order valence-electron chi connectivity index (χ2n) is 4.19. The molecule has 0 amide bonds. The molecule has 0 saturated heterocycles. The van der Waals surface area contributed by atoms with Crippen LogP contribution in [-0.4, -0.2) is 32.9 Å². The molecule has 0 aromatic heterocycles. The summed E-state index contributed by atoms with van der Waals surface area (Å²) in [6.07, 6.45) is 1.65. The lowest BCUT2D eigenvalue weighted by atomic mass is 10.0. The second kappa shape index (κ2) is 6.45. The van der Waals surface area contributed by atoms with Crippen molar-refractivity contribution in [2.45, 2.75) is 46.1 Å². The van der Waals surface area contributed by atoms with Crippen LogP contribution in [0.4, 0.5) is 0 Å². The third-order valence-electron chi connectivity index (χ3n) is 2.11. The van der Waals surface area contributed by atoms with Crippen LogP contribution in [0.1, 0.15) is 40.5 Å². The van der Waals surface area contributed by atoms with Gasteiger partial charge in [-0.05, 0) is 40.5 Å². The first-order valence-corrected chi connectivity index (χ1v) is 7.07. The van der Waals surface area contributed by atoms with Crippen molar-refractivity contribution in [3.8, 4) is 0 Å². The molecule has 0 saturated carbocycles. The highest BCUT2D eigenvalue weighted by Gasteiger charge is 2.22. The first-order valence-electron chi connectivity index (χ1n) is 5.42. The molecular weight excluding hydrogens is 214 g/mol. The highest BCUT2D eigenvalue weighted by Crippen LogP contribution is 2.12. The number of nitrogens with one attached hydrogen (secondary N) is 1. The van der Waals surface area contributed by atoms with Gasteiger partial charge in [-0.3, -0.25) is 0 Å². The normalized spacial score (nSPS) is 13.1. The Kier molecular flexibility index (Phi) is 6.40. The standard InChI is InChI=1S/C10H23NO3S/c1-5-14-9-7-8-10(3,4)11-15(12,13)6-2/h11H,5-9H2,1-4H3. The van der Waals surface area contributed by atoms with E-state index in [4.69, 9.17) is 4.74 Å². The molecule has 0 heterocycles. The maximum Gasteiger partial charge on any atom is 0.211 e. The van der Waals surface area contributed by atoms with E-state index in [1.54, 1.807) is 6.92 Å². The molecule has 0 aliphatic carbocycles. The molecule has 0 aliphatic rings. The number of ether oxygens (including phenoxy) is 1. The molecule has 0 spiro atoms. The van der Waals surface area contributed by atoms with Gasteiger partial charge in [-0.25, -0.2) is 13.1 Å². The fourth-order valence-corrected chi connectivity index (χ4v) is 2.39. The Morgan fingerprint density at radius 3 is 2.33 bits per heavy atom. The van der Waals surface area contributed by atoms with Crippen molar-refractivity contribution in [1.29, 1.82) is 0 Å². The van der Waals surface area contributed by atoms with Crippen LogP contribution < -0.4 is 4.72 Å². The summed E-state index contributed by atoms with van der Waals surface area (Å²) in [5.41, 5.74) is -0.383. The van der Waals surface area contributed by atoms with E-state index in [2.05, 4.69) is 4.72 Å². The maximum absolute atomic E-state index is 11.4. The maximum atomic E-state index is 11.4. The quantitative estimate of drug-likeness (QED) is 0.651. The fraction of sp³-hybridized carbons (Fsp3) is 1.00. The smallest absolute Gasteiger partial charge is 0.211 e. The zero-order chi connectivity index (χ0) is 11.9. The third-order valence-corrected chi connectivity index (χ3v) is 3.73. The van der Waals surface area contributed by atoms with Gasteiger partial charge in [0.2, 0.25) is 10.0 Å². The highest BCUT2D eigenvalue weighted by molar-refractivity contribution is 7.89. The molecule has 15 heavy (non-hydrogen) atoms. The SMILES string of the molecule is CCOCCCC(C)(C)NS(=O)(=O)CC. The fourth-order valence-electron chi connectivity index (χ4n) is 1.30. The van der Waals surface area contributed by atoms with Crippen molar-refractivity contribution < 1.29 is 13.2 Å². The van der Waals surface area contributed by atoms with E-state index in [1.807, 2.05) is 20.8 Å². The van der Waals surface area contributed by atoms with Gasteiger partial charge in [-0.2, -0.15) is 0 Å². The van der Waals surface area contributed by atoms with Crippen LogP contribution >= 0.6 is 0 Å². The average molecular weight is 237 g/mol. The van der Waals surface area contributed by atoms with E-state index in [9.17, 15) is 8.42 Å². The van der Waals surface area contributed by atoms with Gasteiger partial charge in [0, 0.05) is 18.8 Å².